The van der Waals surface area contributed by atoms with E-state index in [9.17, 15) is 4.79 Å². The molecule has 150 valence electrons. The molecular weight excluding hydrogens is 404 g/mol. The monoisotopic (exact) mass is 426 g/mol. The molecule has 0 unspecified atom stereocenters. The van der Waals surface area contributed by atoms with Gasteiger partial charge in [-0.3, -0.25) is 4.79 Å². The molecule has 5 rings (SSSR count). The number of carbonyl (C=O) groups is 1. The predicted octanol–water partition coefficient (Wildman–Crippen LogP) is 4.88. The van der Waals surface area contributed by atoms with Gasteiger partial charge < -0.3 is 9.47 Å². The number of thioether (sulfide) groups is 1. The Morgan fingerprint density at radius 1 is 1.14 bits per heavy atom. The largest absolute Gasteiger partial charge is 0.486 e. The highest BCUT2D eigenvalue weighted by molar-refractivity contribution is 8.00. The fourth-order valence-electron chi connectivity index (χ4n) is 3.86. The Morgan fingerprint density at radius 3 is 2.83 bits per heavy atom. The molecule has 0 saturated carbocycles. The van der Waals surface area contributed by atoms with Crippen molar-refractivity contribution in [1.82, 2.24) is 9.97 Å². The van der Waals surface area contributed by atoms with Crippen molar-refractivity contribution in [3.8, 4) is 11.5 Å². The number of benzene rings is 1. The molecule has 3 aromatic rings. The van der Waals surface area contributed by atoms with E-state index in [1.165, 1.54) is 40.4 Å². The zero-order valence-corrected chi connectivity index (χ0v) is 18.0. The van der Waals surface area contributed by atoms with Crippen LogP contribution in [0, 0.1) is 0 Å². The lowest BCUT2D eigenvalue weighted by molar-refractivity contribution is 0.102. The molecule has 2 aromatic heterocycles. The van der Waals surface area contributed by atoms with Crippen molar-refractivity contribution in [2.75, 3.05) is 19.0 Å². The van der Waals surface area contributed by atoms with Crippen LogP contribution in [0.15, 0.2) is 23.2 Å². The van der Waals surface area contributed by atoms with Crippen molar-refractivity contribution < 1.29 is 14.3 Å². The summed E-state index contributed by atoms with van der Waals surface area (Å²) in [5, 5.41) is 2.14. The maximum absolute atomic E-state index is 12.9. The molecule has 0 atom stereocenters. The number of thiophene rings is 1. The molecule has 0 N–H and O–H groups in total. The van der Waals surface area contributed by atoms with Gasteiger partial charge >= 0.3 is 0 Å². The molecule has 1 aliphatic carbocycles. The second-order valence-corrected chi connectivity index (χ2v) is 9.31. The lowest BCUT2D eigenvalue weighted by Crippen LogP contribution is -2.16. The molecule has 0 radical (unpaired) electrons. The molecule has 0 fully saturated rings. The maximum Gasteiger partial charge on any atom is 0.173 e. The normalized spacial score (nSPS) is 15.3. The number of hydrogen-bond donors (Lipinski definition) is 0. The Bertz CT molecular complexity index is 1090. The van der Waals surface area contributed by atoms with Crippen LogP contribution in [-0.4, -0.2) is 34.7 Å². The minimum Gasteiger partial charge on any atom is -0.486 e. The van der Waals surface area contributed by atoms with Crippen LogP contribution in [0.5, 0.6) is 11.5 Å². The first-order valence-electron chi connectivity index (χ1n) is 10.1. The van der Waals surface area contributed by atoms with E-state index in [0.717, 1.165) is 34.9 Å². The number of aromatic nitrogens is 2. The van der Waals surface area contributed by atoms with Gasteiger partial charge in [0.05, 0.1) is 5.75 Å². The number of ketones is 1. The molecule has 0 bridgehead atoms. The third-order valence-corrected chi connectivity index (χ3v) is 7.51. The van der Waals surface area contributed by atoms with Crippen LogP contribution < -0.4 is 9.47 Å². The van der Waals surface area contributed by atoms with E-state index in [4.69, 9.17) is 19.4 Å². The van der Waals surface area contributed by atoms with Gasteiger partial charge in [-0.1, -0.05) is 18.7 Å². The van der Waals surface area contributed by atoms with E-state index in [-0.39, 0.29) is 5.78 Å². The Hall–Kier alpha value is -2.12. The number of fused-ring (bicyclic) bond motifs is 4. The first kappa shape index (κ1) is 18.9. The van der Waals surface area contributed by atoms with Gasteiger partial charge in [0.25, 0.3) is 0 Å². The summed E-state index contributed by atoms with van der Waals surface area (Å²) in [6, 6.07) is 5.42. The van der Waals surface area contributed by atoms with Crippen LogP contribution in [0.3, 0.4) is 0 Å². The van der Waals surface area contributed by atoms with Crippen LogP contribution in [0.2, 0.25) is 0 Å². The molecule has 29 heavy (non-hydrogen) atoms. The molecule has 1 aromatic carbocycles. The fourth-order valence-corrected chi connectivity index (χ4v) is 6.18. The molecule has 5 nitrogen and oxygen atoms in total. The second kappa shape index (κ2) is 7.95. The van der Waals surface area contributed by atoms with Gasteiger partial charge in [-0.05, 0) is 49.4 Å². The lowest BCUT2D eigenvalue weighted by Gasteiger charge is -2.18. The lowest BCUT2D eigenvalue weighted by atomic mass is 9.97. The van der Waals surface area contributed by atoms with Gasteiger partial charge in [0.1, 0.15) is 28.9 Å². The fraction of sp³-hybridized carbons (Fsp3) is 0.409. The van der Waals surface area contributed by atoms with E-state index < -0.39 is 0 Å². The third kappa shape index (κ3) is 3.62. The Labute approximate surface area is 177 Å². The highest BCUT2D eigenvalue weighted by Crippen LogP contribution is 2.40. The summed E-state index contributed by atoms with van der Waals surface area (Å²) < 4.78 is 11.2. The van der Waals surface area contributed by atoms with Gasteiger partial charge in [0.2, 0.25) is 0 Å². The Balaban J connectivity index is 1.42. The zero-order chi connectivity index (χ0) is 19.8. The Kier molecular flexibility index (Phi) is 5.18. The molecule has 7 heteroatoms. The zero-order valence-electron chi connectivity index (χ0n) is 16.3. The van der Waals surface area contributed by atoms with E-state index >= 15 is 0 Å². The number of nitrogens with zero attached hydrogens (tertiary/aromatic N) is 2. The number of ether oxygens (including phenoxy) is 2. The van der Waals surface area contributed by atoms with Crippen molar-refractivity contribution in [1.29, 1.82) is 0 Å². The van der Waals surface area contributed by atoms with Gasteiger partial charge in [0.15, 0.2) is 17.3 Å². The third-order valence-electron chi connectivity index (χ3n) is 5.35. The summed E-state index contributed by atoms with van der Waals surface area (Å²) in [5.74, 6) is 2.62. The van der Waals surface area contributed by atoms with Crippen LogP contribution >= 0.6 is 23.1 Å². The SMILES string of the molecule is CCc1nc(SCC(=O)c2ccc3c(c2)OCCO3)c2c3c(sc2n1)CCCC3. The molecule has 0 saturated heterocycles. The molecule has 0 amide bonds. The van der Waals surface area contributed by atoms with Crippen LogP contribution in [0.25, 0.3) is 10.2 Å². The predicted molar refractivity (Wildman–Crippen MR) is 116 cm³/mol. The van der Waals surface area contributed by atoms with E-state index in [0.29, 0.717) is 36.0 Å². The number of hydrogen-bond acceptors (Lipinski definition) is 7. The van der Waals surface area contributed by atoms with E-state index in [1.807, 2.05) is 23.5 Å². The number of aryl methyl sites for hydroxylation is 3. The average Bonchev–Trinajstić information content (AvgIpc) is 3.15. The van der Waals surface area contributed by atoms with Gasteiger partial charge in [-0.2, -0.15) is 0 Å². The number of Topliss-reactive ketones (excluding diaryl/α,β-unsaturated/α-hetero) is 1. The first-order chi connectivity index (χ1) is 14.2. The number of rotatable bonds is 5. The molecule has 2 aliphatic rings. The highest BCUT2D eigenvalue weighted by atomic mass is 32.2. The Morgan fingerprint density at radius 2 is 1.97 bits per heavy atom. The second-order valence-electron chi connectivity index (χ2n) is 7.26. The standard InChI is InChI=1S/C22H22N2O3S2/c1-2-19-23-21(20-14-5-3-4-6-18(14)29-22(20)24-19)28-12-15(25)13-7-8-16-17(11-13)27-10-9-26-16/h7-8,11H,2-6,9-10,12H2,1H3. The quantitative estimate of drug-likeness (QED) is 0.329. The van der Waals surface area contributed by atoms with Crippen molar-refractivity contribution in [2.45, 2.75) is 44.1 Å². The van der Waals surface area contributed by atoms with Crippen LogP contribution in [0.1, 0.15) is 46.4 Å². The van der Waals surface area contributed by atoms with Crippen LogP contribution in [-0.2, 0) is 19.3 Å². The van der Waals surface area contributed by atoms with Crippen LogP contribution in [0.4, 0.5) is 0 Å². The summed E-state index contributed by atoms with van der Waals surface area (Å²) in [5.41, 5.74) is 2.06. The van der Waals surface area contributed by atoms with Crippen molar-refractivity contribution in [2.24, 2.45) is 0 Å². The van der Waals surface area contributed by atoms with Crippen molar-refractivity contribution in [3.63, 3.8) is 0 Å². The van der Waals surface area contributed by atoms with Crippen molar-refractivity contribution in [3.05, 3.63) is 40.0 Å². The smallest absolute Gasteiger partial charge is 0.173 e. The molecule has 0 spiro atoms. The summed E-state index contributed by atoms with van der Waals surface area (Å²) in [7, 11) is 0. The van der Waals surface area contributed by atoms with Gasteiger partial charge in [-0.15, -0.1) is 11.3 Å². The summed E-state index contributed by atoms with van der Waals surface area (Å²) in [6.45, 7) is 3.13. The topological polar surface area (TPSA) is 61.3 Å². The summed E-state index contributed by atoms with van der Waals surface area (Å²) in [6.07, 6.45) is 5.49. The first-order valence-corrected chi connectivity index (χ1v) is 11.9. The number of carbonyl (C=O) groups excluding carboxylic acids is 1. The van der Waals surface area contributed by atoms with Gasteiger partial charge in [-0.25, -0.2) is 9.97 Å². The summed E-state index contributed by atoms with van der Waals surface area (Å²) in [4.78, 5) is 25.0. The maximum atomic E-state index is 12.9. The van der Waals surface area contributed by atoms with Gasteiger partial charge in [0, 0.05) is 22.2 Å². The minimum absolute atomic E-state index is 0.0703. The molecule has 3 heterocycles. The molecular formula is C22H22N2O3S2. The van der Waals surface area contributed by atoms with E-state index in [1.54, 1.807) is 6.07 Å². The average molecular weight is 427 g/mol. The van der Waals surface area contributed by atoms with Crippen molar-refractivity contribution >= 4 is 39.1 Å². The minimum atomic E-state index is 0.0703. The summed E-state index contributed by atoms with van der Waals surface area (Å²) >= 11 is 3.34. The highest BCUT2D eigenvalue weighted by Gasteiger charge is 2.22. The van der Waals surface area contributed by atoms with E-state index in [2.05, 4.69) is 6.92 Å². The molecule has 1 aliphatic heterocycles.